The fourth-order valence-electron chi connectivity index (χ4n) is 2.12. The van der Waals surface area contributed by atoms with Crippen LogP contribution in [0.4, 0.5) is 0 Å². The maximum Gasteiger partial charge on any atom is 0.161 e. The van der Waals surface area contributed by atoms with Crippen LogP contribution in [0.25, 0.3) is 0 Å². The van der Waals surface area contributed by atoms with Gasteiger partial charge < -0.3 is 20.9 Å². The Balaban J connectivity index is 2.14. The van der Waals surface area contributed by atoms with Crippen LogP contribution in [0.15, 0.2) is 48.5 Å². The van der Waals surface area contributed by atoms with Crippen LogP contribution in [0.1, 0.15) is 23.6 Å². The molecule has 0 spiro atoms. The van der Waals surface area contributed by atoms with Gasteiger partial charge in [0.2, 0.25) is 0 Å². The normalized spacial score (nSPS) is 12.0. The van der Waals surface area contributed by atoms with Crippen molar-refractivity contribution < 1.29 is 9.47 Å². The summed E-state index contributed by atoms with van der Waals surface area (Å²) in [6.07, 6.45) is 0.741. The fraction of sp³-hybridized carbons (Fsp3) is 0.294. The Bertz CT molecular complexity index is 558. The Kier molecular flexibility index (Phi) is 5.60. The summed E-state index contributed by atoms with van der Waals surface area (Å²) in [6, 6.07) is 15.7. The Morgan fingerprint density at radius 2 is 1.81 bits per heavy atom. The third kappa shape index (κ3) is 4.21. The molecule has 0 aromatic heterocycles. The first-order valence-electron chi connectivity index (χ1n) is 7.05. The summed E-state index contributed by atoms with van der Waals surface area (Å²) < 4.78 is 11.2. The molecule has 0 radical (unpaired) electrons. The number of hydrogen-bond acceptors (Lipinski definition) is 4. The van der Waals surface area contributed by atoms with Crippen LogP contribution in [-0.2, 0) is 6.61 Å². The van der Waals surface area contributed by atoms with Gasteiger partial charge in [0, 0.05) is 6.04 Å². The summed E-state index contributed by atoms with van der Waals surface area (Å²) in [6.45, 7) is 1.06. The van der Waals surface area contributed by atoms with Crippen LogP contribution >= 0.6 is 0 Å². The van der Waals surface area contributed by atoms with Gasteiger partial charge in [-0.2, -0.15) is 0 Å². The molecule has 21 heavy (non-hydrogen) atoms. The van der Waals surface area contributed by atoms with Gasteiger partial charge in [-0.3, -0.25) is 0 Å². The molecule has 4 heteroatoms. The molecule has 4 N–H and O–H groups in total. The van der Waals surface area contributed by atoms with Crippen molar-refractivity contribution in [1.29, 1.82) is 0 Å². The lowest BCUT2D eigenvalue weighted by molar-refractivity contribution is 0.284. The number of methoxy groups -OCH3 is 1. The van der Waals surface area contributed by atoms with Gasteiger partial charge in [-0.25, -0.2) is 0 Å². The van der Waals surface area contributed by atoms with Crippen molar-refractivity contribution in [2.24, 2.45) is 11.5 Å². The first-order chi connectivity index (χ1) is 10.2. The molecule has 0 unspecified atom stereocenters. The van der Waals surface area contributed by atoms with E-state index in [2.05, 4.69) is 0 Å². The molecule has 0 aliphatic heterocycles. The van der Waals surface area contributed by atoms with E-state index in [0.717, 1.165) is 17.5 Å². The van der Waals surface area contributed by atoms with Crippen LogP contribution in [0.2, 0.25) is 0 Å². The van der Waals surface area contributed by atoms with Gasteiger partial charge in [0.25, 0.3) is 0 Å². The molecule has 0 bridgehead atoms. The van der Waals surface area contributed by atoms with Crippen LogP contribution in [0.5, 0.6) is 11.5 Å². The van der Waals surface area contributed by atoms with Gasteiger partial charge in [-0.05, 0) is 36.2 Å². The number of hydrogen-bond donors (Lipinski definition) is 2. The average molecular weight is 286 g/mol. The highest BCUT2D eigenvalue weighted by Gasteiger charge is 2.11. The van der Waals surface area contributed by atoms with Crippen LogP contribution in [0.3, 0.4) is 0 Å². The molecule has 0 aliphatic rings. The summed E-state index contributed by atoms with van der Waals surface area (Å²) in [7, 11) is 1.63. The summed E-state index contributed by atoms with van der Waals surface area (Å²) in [5, 5.41) is 0. The Hall–Kier alpha value is -2.04. The topological polar surface area (TPSA) is 70.5 Å². The molecule has 4 nitrogen and oxygen atoms in total. The molecule has 2 rings (SSSR count). The number of rotatable bonds is 7. The predicted octanol–water partition coefficient (Wildman–Crippen LogP) is 2.62. The first kappa shape index (κ1) is 15.4. The molecule has 0 amide bonds. The largest absolute Gasteiger partial charge is 0.493 e. The van der Waals surface area contributed by atoms with E-state index in [1.165, 1.54) is 0 Å². The molecule has 2 aromatic carbocycles. The SMILES string of the molecule is COc1ccc([C@@H](N)CCN)cc1OCc1ccccc1. The summed E-state index contributed by atoms with van der Waals surface area (Å²) in [4.78, 5) is 0. The lowest BCUT2D eigenvalue weighted by atomic mass is 10.0. The molecule has 112 valence electrons. The highest BCUT2D eigenvalue weighted by atomic mass is 16.5. The predicted molar refractivity (Wildman–Crippen MR) is 84.4 cm³/mol. The quantitative estimate of drug-likeness (QED) is 0.821. The van der Waals surface area contributed by atoms with Gasteiger partial charge in [0.05, 0.1) is 7.11 Å². The van der Waals surface area contributed by atoms with Crippen molar-refractivity contribution in [2.45, 2.75) is 19.1 Å². The van der Waals surface area contributed by atoms with Crippen LogP contribution in [0, 0.1) is 0 Å². The third-order valence-corrected chi connectivity index (χ3v) is 3.33. The van der Waals surface area contributed by atoms with E-state index in [4.69, 9.17) is 20.9 Å². The lowest BCUT2D eigenvalue weighted by Crippen LogP contribution is -2.15. The lowest BCUT2D eigenvalue weighted by Gasteiger charge is -2.15. The highest BCUT2D eigenvalue weighted by Crippen LogP contribution is 2.31. The average Bonchev–Trinajstić information content (AvgIpc) is 2.54. The van der Waals surface area contributed by atoms with Gasteiger partial charge >= 0.3 is 0 Å². The first-order valence-corrected chi connectivity index (χ1v) is 7.05. The molecular weight excluding hydrogens is 264 g/mol. The molecule has 0 saturated carbocycles. The minimum Gasteiger partial charge on any atom is -0.493 e. The van der Waals surface area contributed by atoms with E-state index in [1.807, 2.05) is 48.5 Å². The van der Waals surface area contributed by atoms with Gasteiger partial charge in [-0.1, -0.05) is 36.4 Å². The number of benzene rings is 2. The zero-order valence-electron chi connectivity index (χ0n) is 12.3. The van der Waals surface area contributed by atoms with Gasteiger partial charge in [0.15, 0.2) is 11.5 Å². The van der Waals surface area contributed by atoms with Gasteiger partial charge in [0.1, 0.15) is 6.61 Å². The van der Waals surface area contributed by atoms with E-state index in [9.17, 15) is 0 Å². The minimum atomic E-state index is -0.0834. The van der Waals surface area contributed by atoms with Crippen molar-refractivity contribution in [1.82, 2.24) is 0 Å². The maximum atomic E-state index is 6.10. The highest BCUT2D eigenvalue weighted by molar-refractivity contribution is 5.44. The van der Waals surface area contributed by atoms with E-state index >= 15 is 0 Å². The van der Waals surface area contributed by atoms with Crippen LogP contribution in [-0.4, -0.2) is 13.7 Å². The second-order valence-electron chi connectivity index (χ2n) is 4.87. The molecule has 0 fully saturated rings. The number of ether oxygens (including phenoxy) is 2. The second kappa shape index (κ2) is 7.67. The van der Waals surface area contributed by atoms with Gasteiger partial charge in [-0.15, -0.1) is 0 Å². The van der Waals surface area contributed by atoms with Crippen molar-refractivity contribution in [3.8, 4) is 11.5 Å². The van der Waals surface area contributed by atoms with Crippen molar-refractivity contribution in [3.63, 3.8) is 0 Å². The molecule has 0 aliphatic carbocycles. The zero-order valence-corrected chi connectivity index (χ0v) is 12.3. The summed E-state index contributed by atoms with van der Waals surface area (Å²) >= 11 is 0. The van der Waals surface area contributed by atoms with Crippen LogP contribution < -0.4 is 20.9 Å². The molecule has 2 aromatic rings. The standard InChI is InChI=1S/C17H22N2O2/c1-20-16-8-7-14(15(19)9-10-18)11-17(16)21-12-13-5-3-2-4-6-13/h2-8,11,15H,9-10,12,18-19H2,1H3/t15-/m0/s1. The maximum absolute atomic E-state index is 6.10. The molecule has 1 atom stereocenters. The van der Waals surface area contributed by atoms with Crippen molar-refractivity contribution in [3.05, 3.63) is 59.7 Å². The molecular formula is C17H22N2O2. The monoisotopic (exact) mass is 286 g/mol. The van der Waals surface area contributed by atoms with E-state index in [0.29, 0.717) is 24.7 Å². The second-order valence-corrected chi connectivity index (χ2v) is 4.87. The Morgan fingerprint density at radius 1 is 1.05 bits per heavy atom. The number of nitrogens with two attached hydrogens (primary N) is 2. The molecule has 0 heterocycles. The van der Waals surface area contributed by atoms with Crippen molar-refractivity contribution >= 4 is 0 Å². The summed E-state index contributed by atoms with van der Waals surface area (Å²) in [5.41, 5.74) is 13.8. The molecule has 0 saturated heterocycles. The Morgan fingerprint density at radius 3 is 2.48 bits per heavy atom. The minimum absolute atomic E-state index is 0.0834. The fourth-order valence-corrected chi connectivity index (χ4v) is 2.12. The van der Waals surface area contributed by atoms with Crippen molar-refractivity contribution in [2.75, 3.05) is 13.7 Å². The van der Waals surface area contributed by atoms with E-state index < -0.39 is 0 Å². The smallest absolute Gasteiger partial charge is 0.161 e. The third-order valence-electron chi connectivity index (χ3n) is 3.33. The Labute approximate surface area is 125 Å². The van der Waals surface area contributed by atoms with E-state index in [1.54, 1.807) is 7.11 Å². The summed E-state index contributed by atoms with van der Waals surface area (Å²) in [5.74, 6) is 1.40. The zero-order chi connectivity index (χ0) is 15.1. The van der Waals surface area contributed by atoms with E-state index in [-0.39, 0.29) is 6.04 Å².